The first-order chi connectivity index (χ1) is 6.15. The molecule has 0 aliphatic carbocycles. The number of Topliss-reactive ketones (excluding diaryl/α,β-unsaturated/α-hetero) is 1. The third kappa shape index (κ3) is 3.47. The van der Waals surface area contributed by atoms with Gasteiger partial charge in [-0.2, -0.15) is 0 Å². The molecule has 1 aromatic carbocycles. The quantitative estimate of drug-likeness (QED) is 0.495. The fourth-order valence-electron chi connectivity index (χ4n) is 0.946. The van der Waals surface area contributed by atoms with Crippen molar-refractivity contribution < 1.29 is 4.79 Å². The molecule has 0 bridgehead atoms. The number of hydrogen-bond acceptors (Lipinski definition) is 1. The zero-order valence-electron chi connectivity index (χ0n) is 6.69. The second kappa shape index (κ2) is 5.65. The molecule has 0 radical (unpaired) electrons. The van der Waals surface area contributed by atoms with Crippen LogP contribution in [0.5, 0.6) is 0 Å². The Morgan fingerprint density at radius 1 is 1.31 bits per heavy atom. The summed E-state index contributed by atoms with van der Waals surface area (Å²) in [5.41, 5.74) is 1.15. The minimum absolute atomic E-state index is 0.224. The molecule has 1 rings (SSSR count). The molecule has 0 saturated carbocycles. The van der Waals surface area contributed by atoms with Crippen LogP contribution in [0.3, 0.4) is 0 Å². The Labute approximate surface area is 113 Å². The van der Waals surface area contributed by atoms with E-state index in [1.165, 1.54) is 7.14 Å². The van der Waals surface area contributed by atoms with Crippen LogP contribution in [0, 0.1) is 7.14 Å². The van der Waals surface area contributed by atoms with Gasteiger partial charge in [0.1, 0.15) is 5.78 Å². The van der Waals surface area contributed by atoms with Crippen LogP contribution in [0.15, 0.2) is 18.2 Å². The van der Waals surface area contributed by atoms with Gasteiger partial charge < -0.3 is 0 Å². The van der Waals surface area contributed by atoms with Gasteiger partial charge in [0, 0.05) is 13.6 Å². The molecular weight excluding hydrogens is 458 g/mol. The van der Waals surface area contributed by atoms with Crippen molar-refractivity contribution in [3.63, 3.8) is 0 Å². The summed E-state index contributed by atoms with van der Waals surface area (Å²) in [7, 11) is 0. The molecule has 70 valence electrons. The molecule has 0 aromatic heterocycles. The zero-order chi connectivity index (χ0) is 9.84. The highest BCUT2D eigenvalue weighted by Crippen LogP contribution is 2.19. The average molecular weight is 465 g/mol. The smallest absolute Gasteiger partial charge is 0.147 e. The summed E-state index contributed by atoms with van der Waals surface area (Å²) in [6.07, 6.45) is 0.530. The summed E-state index contributed by atoms with van der Waals surface area (Å²) >= 11 is 7.69. The topological polar surface area (TPSA) is 17.1 Å². The Morgan fingerprint density at radius 3 is 2.31 bits per heavy atom. The van der Waals surface area contributed by atoms with E-state index in [9.17, 15) is 4.79 Å². The maximum atomic E-state index is 11.2. The van der Waals surface area contributed by atoms with Gasteiger partial charge in [-0.25, -0.2) is 0 Å². The predicted molar refractivity (Wildman–Crippen MR) is 74.4 cm³/mol. The van der Waals surface area contributed by atoms with E-state index in [2.05, 4.69) is 61.1 Å². The summed E-state index contributed by atoms with van der Waals surface area (Å²) in [5.74, 6) is 0.224. The van der Waals surface area contributed by atoms with Crippen LogP contribution in [-0.4, -0.2) is 11.1 Å². The third-order valence-corrected chi connectivity index (χ3v) is 4.23. The molecule has 0 spiro atoms. The van der Waals surface area contributed by atoms with E-state index in [1.807, 2.05) is 18.2 Å². The molecule has 13 heavy (non-hydrogen) atoms. The van der Waals surface area contributed by atoms with Crippen molar-refractivity contribution in [2.75, 3.05) is 5.33 Å². The van der Waals surface area contributed by atoms with Crippen molar-refractivity contribution in [2.45, 2.75) is 6.42 Å². The van der Waals surface area contributed by atoms with Crippen molar-refractivity contribution in [1.82, 2.24) is 0 Å². The maximum Gasteiger partial charge on any atom is 0.147 e. The van der Waals surface area contributed by atoms with E-state index < -0.39 is 0 Å². The van der Waals surface area contributed by atoms with Gasteiger partial charge in [0.15, 0.2) is 0 Å². The molecule has 0 atom stereocenters. The fraction of sp³-hybridized carbons (Fsp3) is 0.222. The van der Waals surface area contributed by atoms with Gasteiger partial charge in [0.25, 0.3) is 0 Å². The van der Waals surface area contributed by atoms with Crippen molar-refractivity contribution in [1.29, 1.82) is 0 Å². The number of carbonyl (C=O) groups is 1. The molecule has 0 aliphatic heterocycles. The molecule has 1 aromatic rings. The molecule has 0 N–H and O–H groups in total. The average Bonchev–Trinajstić information content (AvgIpc) is 2.11. The SMILES string of the molecule is O=C(CBr)Cc1c(I)cccc1I. The van der Waals surface area contributed by atoms with Crippen LogP contribution >= 0.6 is 61.1 Å². The Kier molecular flexibility index (Phi) is 5.17. The highest BCUT2D eigenvalue weighted by molar-refractivity contribution is 14.1. The number of ketones is 1. The standard InChI is InChI=1S/C9H7BrI2O/c10-5-6(13)4-7-8(11)2-1-3-9(7)12/h1-3H,4-5H2. The number of halogens is 3. The second-order valence-corrected chi connectivity index (χ2v) is 5.43. The van der Waals surface area contributed by atoms with Crippen molar-refractivity contribution in [3.8, 4) is 0 Å². The first kappa shape index (κ1) is 11.9. The fourth-order valence-corrected chi connectivity index (χ4v) is 3.04. The molecule has 1 nitrogen and oxygen atoms in total. The zero-order valence-corrected chi connectivity index (χ0v) is 12.6. The van der Waals surface area contributed by atoms with E-state index in [-0.39, 0.29) is 5.78 Å². The first-order valence-electron chi connectivity index (χ1n) is 3.65. The molecule has 0 aliphatic rings. The lowest BCUT2D eigenvalue weighted by molar-refractivity contribution is -0.115. The summed E-state index contributed by atoms with van der Waals surface area (Å²) in [6, 6.07) is 6.06. The van der Waals surface area contributed by atoms with Crippen LogP contribution in [0.4, 0.5) is 0 Å². The monoisotopic (exact) mass is 464 g/mol. The predicted octanol–water partition coefficient (Wildman–Crippen LogP) is 3.40. The number of alkyl halides is 1. The first-order valence-corrected chi connectivity index (χ1v) is 6.93. The van der Waals surface area contributed by atoms with Crippen molar-refractivity contribution in [2.24, 2.45) is 0 Å². The maximum absolute atomic E-state index is 11.2. The van der Waals surface area contributed by atoms with Gasteiger partial charge in [-0.05, 0) is 62.9 Å². The number of hydrogen-bond donors (Lipinski definition) is 0. The van der Waals surface area contributed by atoms with Gasteiger partial charge in [0.05, 0.1) is 5.33 Å². The normalized spacial score (nSPS) is 10.1. The summed E-state index contributed by atoms with van der Waals surface area (Å²) in [4.78, 5) is 11.2. The van der Waals surface area contributed by atoms with Crippen LogP contribution in [0.2, 0.25) is 0 Å². The van der Waals surface area contributed by atoms with E-state index >= 15 is 0 Å². The molecule has 0 unspecified atom stereocenters. The summed E-state index contributed by atoms with van der Waals surface area (Å²) in [5, 5.41) is 0.439. The lowest BCUT2D eigenvalue weighted by Gasteiger charge is -2.04. The van der Waals surface area contributed by atoms with Crippen LogP contribution < -0.4 is 0 Å². The number of benzene rings is 1. The Bertz CT molecular complexity index is 305. The molecule has 4 heteroatoms. The van der Waals surface area contributed by atoms with E-state index in [0.717, 1.165) is 5.56 Å². The van der Waals surface area contributed by atoms with Gasteiger partial charge >= 0.3 is 0 Å². The number of rotatable bonds is 3. The van der Waals surface area contributed by atoms with Gasteiger partial charge in [-0.3, -0.25) is 4.79 Å². The van der Waals surface area contributed by atoms with Crippen LogP contribution in [-0.2, 0) is 11.2 Å². The minimum Gasteiger partial charge on any atom is -0.298 e. The second-order valence-electron chi connectivity index (χ2n) is 2.55. The van der Waals surface area contributed by atoms with Crippen molar-refractivity contribution in [3.05, 3.63) is 30.9 Å². The molecule has 0 fully saturated rings. The third-order valence-electron chi connectivity index (χ3n) is 1.58. The van der Waals surface area contributed by atoms with E-state index in [4.69, 9.17) is 0 Å². The van der Waals surface area contributed by atoms with Gasteiger partial charge in [0.2, 0.25) is 0 Å². The number of carbonyl (C=O) groups excluding carboxylic acids is 1. The van der Waals surface area contributed by atoms with Gasteiger partial charge in [-0.15, -0.1) is 0 Å². The molecule has 0 heterocycles. The van der Waals surface area contributed by atoms with Crippen molar-refractivity contribution >= 4 is 66.9 Å². The summed E-state index contributed by atoms with van der Waals surface area (Å²) in [6.45, 7) is 0. The van der Waals surface area contributed by atoms with Crippen LogP contribution in [0.25, 0.3) is 0 Å². The lowest BCUT2D eigenvalue weighted by Crippen LogP contribution is -2.06. The van der Waals surface area contributed by atoms with E-state index in [0.29, 0.717) is 11.8 Å². The minimum atomic E-state index is 0.224. The Balaban J connectivity index is 2.93. The van der Waals surface area contributed by atoms with Crippen LogP contribution in [0.1, 0.15) is 5.56 Å². The molecule has 0 saturated heterocycles. The highest BCUT2D eigenvalue weighted by Gasteiger charge is 2.08. The summed E-state index contributed by atoms with van der Waals surface area (Å²) < 4.78 is 2.33. The van der Waals surface area contributed by atoms with Gasteiger partial charge in [-0.1, -0.05) is 22.0 Å². The highest BCUT2D eigenvalue weighted by atomic mass is 127. The van der Waals surface area contributed by atoms with E-state index in [1.54, 1.807) is 0 Å². The Morgan fingerprint density at radius 2 is 1.85 bits per heavy atom. The lowest BCUT2D eigenvalue weighted by atomic mass is 10.1. The largest absolute Gasteiger partial charge is 0.298 e. The molecular formula is C9H7BrI2O. The molecule has 0 amide bonds. The Hall–Kier alpha value is 0.830.